The fraction of sp³-hybridized carbons (Fsp3) is 0.250. The van der Waals surface area contributed by atoms with Crippen LogP contribution >= 0.6 is 0 Å². The Morgan fingerprint density at radius 2 is 2.62 bits per heavy atom. The van der Waals surface area contributed by atoms with Crippen LogP contribution in [-0.4, -0.2) is 22.2 Å². The van der Waals surface area contributed by atoms with Gasteiger partial charge in [-0.2, -0.15) is 5.10 Å². The Kier molecular flexibility index (Phi) is 2.69. The second-order valence-corrected chi connectivity index (χ2v) is 2.57. The summed E-state index contributed by atoms with van der Waals surface area (Å²) in [5, 5.41) is 6.47. The van der Waals surface area contributed by atoms with E-state index in [2.05, 4.69) is 17.0 Å². The van der Waals surface area contributed by atoms with E-state index >= 15 is 0 Å². The second-order valence-electron chi connectivity index (χ2n) is 2.57. The van der Waals surface area contributed by atoms with Gasteiger partial charge in [-0.15, -0.1) is 6.58 Å². The molecule has 0 aliphatic carbocycles. The molecule has 1 aromatic heterocycles. The lowest BCUT2D eigenvalue weighted by Gasteiger charge is -2.02. The first-order valence-electron chi connectivity index (χ1n) is 3.83. The van der Waals surface area contributed by atoms with Crippen LogP contribution in [0, 0.1) is 0 Å². The standard InChI is InChI=1S/C8H12N4O/c1-3-4-10-8(13)7-6(9)5-11-12(7)2/h3,5H,1,4,9H2,2H3,(H,10,13). The topological polar surface area (TPSA) is 72.9 Å². The van der Waals surface area contributed by atoms with Crippen LogP contribution in [0.25, 0.3) is 0 Å². The summed E-state index contributed by atoms with van der Waals surface area (Å²) in [6.45, 7) is 3.91. The number of rotatable bonds is 3. The first-order valence-corrected chi connectivity index (χ1v) is 3.83. The van der Waals surface area contributed by atoms with Crippen molar-refractivity contribution in [1.29, 1.82) is 0 Å². The molecule has 0 fully saturated rings. The highest BCUT2D eigenvalue weighted by Gasteiger charge is 2.13. The van der Waals surface area contributed by atoms with E-state index in [-0.39, 0.29) is 5.91 Å². The van der Waals surface area contributed by atoms with E-state index in [1.165, 1.54) is 10.9 Å². The van der Waals surface area contributed by atoms with Crippen molar-refractivity contribution in [3.63, 3.8) is 0 Å². The summed E-state index contributed by atoms with van der Waals surface area (Å²) in [6, 6.07) is 0. The third-order valence-corrected chi connectivity index (χ3v) is 1.59. The monoisotopic (exact) mass is 180 g/mol. The molecule has 0 bridgehead atoms. The maximum atomic E-state index is 11.4. The first-order chi connectivity index (χ1) is 6.16. The molecule has 0 aliphatic rings. The number of carbonyl (C=O) groups is 1. The summed E-state index contributed by atoms with van der Waals surface area (Å²) in [6.07, 6.45) is 3.05. The van der Waals surface area contributed by atoms with Crippen molar-refractivity contribution in [3.05, 3.63) is 24.5 Å². The molecule has 0 unspecified atom stereocenters. The Morgan fingerprint density at radius 3 is 3.08 bits per heavy atom. The highest BCUT2D eigenvalue weighted by atomic mass is 16.2. The molecule has 0 saturated carbocycles. The van der Waals surface area contributed by atoms with Crippen molar-refractivity contribution >= 4 is 11.6 Å². The number of nitrogens with zero attached hydrogens (tertiary/aromatic N) is 2. The molecule has 0 atom stereocenters. The van der Waals surface area contributed by atoms with E-state index in [1.54, 1.807) is 13.1 Å². The molecule has 1 amide bonds. The smallest absolute Gasteiger partial charge is 0.271 e. The molecule has 70 valence electrons. The van der Waals surface area contributed by atoms with Gasteiger partial charge in [0.1, 0.15) is 5.69 Å². The van der Waals surface area contributed by atoms with Gasteiger partial charge in [-0.05, 0) is 0 Å². The van der Waals surface area contributed by atoms with Gasteiger partial charge in [0.2, 0.25) is 0 Å². The molecular formula is C8H12N4O. The molecule has 13 heavy (non-hydrogen) atoms. The van der Waals surface area contributed by atoms with Gasteiger partial charge < -0.3 is 11.1 Å². The van der Waals surface area contributed by atoms with Crippen molar-refractivity contribution in [1.82, 2.24) is 15.1 Å². The summed E-state index contributed by atoms with van der Waals surface area (Å²) in [5.41, 5.74) is 6.30. The maximum Gasteiger partial charge on any atom is 0.271 e. The van der Waals surface area contributed by atoms with Gasteiger partial charge in [-0.25, -0.2) is 0 Å². The first kappa shape index (κ1) is 9.31. The average molecular weight is 180 g/mol. The molecule has 5 heteroatoms. The molecule has 3 N–H and O–H groups in total. The van der Waals surface area contributed by atoms with Gasteiger partial charge >= 0.3 is 0 Å². The zero-order chi connectivity index (χ0) is 9.84. The summed E-state index contributed by atoms with van der Waals surface area (Å²) >= 11 is 0. The van der Waals surface area contributed by atoms with Gasteiger partial charge in [0, 0.05) is 13.6 Å². The van der Waals surface area contributed by atoms with Crippen molar-refractivity contribution in [3.8, 4) is 0 Å². The molecule has 0 radical (unpaired) electrons. The fourth-order valence-corrected chi connectivity index (χ4v) is 0.981. The summed E-state index contributed by atoms with van der Waals surface area (Å²) in [7, 11) is 1.67. The number of nitrogen functional groups attached to an aromatic ring is 1. The Balaban J connectivity index is 2.81. The minimum absolute atomic E-state index is 0.239. The van der Waals surface area contributed by atoms with Gasteiger partial charge in [0.25, 0.3) is 5.91 Å². The third kappa shape index (κ3) is 1.87. The summed E-state index contributed by atoms with van der Waals surface area (Å²) in [5.74, 6) is -0.239. The van der Waals surface area contributed by atoms with Crippen LogP contribution in [0.2, 0.25) is 0 Å². The molecule has 5 nitrogen and oxygen atoms in total. The van der Waals surface area contributed by atoms with E-state index in [4.69, 9.17) is 5.73 Å². The van der Waals surface area contributed by atoms with Gasteiger partial charge in [0.05, 0.1) is 11.9 Å². The second kappa shape index (κ2) is 3.75. The zero-order valence-corrected chi connectivity index (χ0v) is 7.45. The number of amides is 1. The van der Waals surface area contributed by atoms with E-state index < -0.39 is 0 Å². The predicted octanol–water partition coefficient (Wildman–Crippen LogP) is -0.0819. The number of aryl methyl sites for hydroxylation is 1. The van der Waals surface area contributed by atoms with E-state index in [0.717, 1.165) is 0 Å². The Bertz CT molecular complexity index is 309. The number of hydrogen-bond donors (Lipinski definition) is 2. The van der Waals surface area contributed by atoms with E-state index in [1.807, 2.05) is 0 Å². The highest BCUT2D eigenvalue weighted by molar-refractivity contribution is 5.97. The normalized spacial score (nSPS) is 9.62. The molecule has 0 saturated heterocycles. The zero-order valence-electron chi connectivity index (χ0n) is 7.45. The molecule has 1 heterocycles. The maximum absolute atomic E-state index is 11.4. The fourth-order valence-electron chi connectivity index (χ4n) is 0.981. The van der Waals surface area contributed by atoms with Crippen LogP contribution in [0.4, 0.5) is 5.69 Å². The lowest BCUT2D eigenvalue weighted by molar-refractivity contribution is 0.0949. The van der Waals surface area contributed by atoms with Crippen LogP contribution in [-0.2, 0) is 7.05 Å². The van der Waals surface area contributed by atoms with Gasteiger partial charge in [0.15, 0.2) is 0 Å². The van der Waals surface area contributed by atoms with Crippen LogP contribution in [0.5, 0.6) is 0 Å². The van der Waals surface area contributed by atoms with Crippen molar-refractivity contribution in [2.45, 2.75) is 0 Å². The number of nitrogens with two attached hydrogens (primary N) is 1. The van der Waals surface area contributed by atoms with E-state index in [9.17, 15) is 4.79 Å². The minimum Gasteiger partial charge on any atom is -0.396 e. The largest absolute Gasteiger partial charge is 0.396 e. The van der Waals surface area contributed by atoms with Gasteiger partial charge in [-0.3, -0.25) is 9.48 Å². The van der Waals surface area contributed by atoms with Crippen molar-refractivity contribution < 1.29 is 4.79 Å². The highest BCUT2D eigenvalue weighted by Crippen LogP contribution is 2.08. The quantitative estimate of drug-likeness (QED) is 0.639. The Morgan fingerprint density at radius 1 is 1.92 bits per heavy atom. The average Bonchev–Trinajstić information content (AvgIpc) is 2.42. The molecule has 0 spiro atoms. The molecule has 0 aliphatic heterocycles. The van der Waals surface area contributed by atoms with E-state index in [0.29, 0.717) is 17.9 Å². The number of carbonyl (C=O) groups excluding carboxylic acids is 1. The summed E-state index contributed by atoms with van der Waals surface area (Å²) < 4.78 is 1.44. The number of nitrogens with one attached hydrogen (secondary N) is 1. The van der Waals surface area contributed by atoms with Gasteiger partial charge in [-0.1, -0.05) is 6.08 Å². The number of anilines is 1. The minimum atomic E-state index is -0.239. The lowest BCUT2D eigenvalue weighted by atomic mass is 10.3. The van der Waals surface area contributed by atoms with Crippen LogP contribution in [0.15, 0.2) is 18.9 Å². The molecule has 0 aromatic carbocycles. The SMILES string of the molecule is C=CCNC(=O)c1c(N)cnn1C. The number of aromatic nitrogens is 2. The lowest BCUT2D eigenvalue weighted by Crippen LogP contribution is -2.26. The molecule has 1 rings (SSSR count). The van der Waals surface area contributed by atoms with Crippen molar-refractivity contribution in [2.24, 2.45) is 7.05 Å². The Labute approximate surface area is 76.2 Å². The van der Waals surface area contributed by atoms with Crippen LogP contribution < -0.4 is 11.1 Å². The van der Waals surface area contributed by atoms with Crippen molar-refractivity contribution in [2.75, 3.05) is 12.3 Å². The molecule has 1 aromatic rings. The Hall–Kier alpha value is -1.78. The summed E-state index contributed by atoms with van der Waals surface area (Å²) in [4.78, 5) is 11.4. The predicted molar refractivity (Wildman–Crippen MR) is 50.2 cm³/mol. The molecular weight excluding hydrogens is 168 g/mol. The van der Waals surface area contributed by atoms with Crippen LogP contribution in [0.1, 0.15) is 10.5 Å². The third-order valence-electron chi connectivity index (χ3n) is 1.59. The number of hydrogen-bond acceptors (Lipinski definition) is 3. The van der Waals surface area contributed by atoms with Crippen LogP contribution in [0.3, 0.4) is 0 Å².